The lowest BCUT2D eigenvalue weighted by Crippen LogP contribution is -2.32. The number of carbonyl (C=O) groups is 2. The maximum Gasteiger partial charge on any atom is 0.248 e. The zero-order chi connectivity index (χ0) is 19.3. The smallest absolute Gasteiger partial charge is 0.248 e. The van der Waals surface area contributed by atoms with Crippen molar-refractivity contribution in [3.05, 3.63) is 47.0 Å². The zero-order valence-electron chi connectivity index (χ0n) is 14.6. The van der Waals surface area contributed by atoms with E-state index >= 15 is 0 Å². The van der Waals surface area contributed by atoms with Crippen molar-refractivity contribution in [2.45, 2.75) is 13.0 Å². The van der Waals surface area contributed by atoms with Crippen LogP contribution in [0.15, 0.2) is 36.4 Å². The van der Waals surface area contributed by atoms with Gasteiger partial charge in [-0.25, -0.2) is 0 Å². The van der Waals surface area contributed by atoms with E-state index in [0.717, 1.165) is 0 Å². The molecule has 138 valence electrons. The lowest BCUT2D eigenvalue weighted by molar-refractivity contribution is -0.116. The number of methoxy groups -OCH3 is 2. The van der Waals surface area contributed by atoms with Gasteiger partial charge in [-0.2, -0.15) is 0 Å². The molecule has 1 atom stereocenters. The first kappa shape index (κ1) is 19.4. The fourth-order valence-corrected chi connectivity index (χ4v) is 2.48. The molecular weight excluding hydrogens is 358 g/mol. The Kier molecular flexibility index (Phi) is 6.30. The first-order valence-corrected chi connectivity index (χ1v) is 8.12. The highest BCUT2D eigenvalue weighted by atomic mass is 35.5. The average Bonchev–Trinajstić information content (AvgIpc) is 2.62. The summed E-state index contributed by atoms with van der Waals surface area (Å²) < 4.78 is 10.4. The minimum atomic E-state index is -0.579. The molecule has 0 aromatic heterocycles. The molecule has 1 unspecified atom stereocenters. The minimum Gasteiger partial charge on any atom is -0.495 e. The van der Waals surface area contributed by atoms with Gasteiger partial charge in [0.1, 0.15) is 17.5 Å². The number of nitrogens with two attached hydrogens (primary N) is 1. The second-order valence-corrected chi connectivity index (χ2v) is 5.89. The number of amides is 2. The van der Waals surface area contributed by atoms with E-state index in [9.17, 15) is 9.59 Å². The quantitative estimate of drug-likeness (QED) is 0.688. The summed E-state index contributed by atoms with van der Waals surface area (Å²) in [5.41, 5.74) is 6.67. The van der Waals surface area contributed by atoms with E-state index < -0.39 is 11.9 Å². The predicted octanol–water partition coefficient (Wildman–Crippen LogP) is 2.90. The third-order valence-corrected chi connectivity index (χ3v) is 3.97. The van der Waals surface area contributed by atoms with Crippen LogP contribution in [0.5, 0.6) is 11.5 Å². The van der Waals surface area contributed by atoms with Crippen LogP contribution < -0.4 is 25.8 Å². The first-order chi connectivity index (χ1) is 12.3. The van der Waals surface area contributed by atoms with Crippen LogP contribution in [-0.4, -0.2) is 32.1 Å². The van der Waals surface area contributed by atoms with E-state index in [4.69, 9.17) is 26.8 Å². The van der Waals surface area contributed by atoms with Gasteiger partial charge in [-0.05, 0) is 37.3 Å². The third kappa shape index (κ3) is 4.58. The van der Waals surface area contributed by atoms with E-state index in [1.54, 1.807) is 43.3 Å². The maximum absolute atomic E-state index is 12.4. The monoisotopic (exact) mass is 377 g/mol. The maximum atomic E-state index is 12.4. The molecule has 2 aromatic rings. The van der Waals surface area contributed by atoms with Crippen molar-refractivity contribution >= 4 is 34.8 Å². The molecule has 2 amide bonds. The van der Waals surface area contributed by atoms with Gasteiger partial charge in [-0.1, -0.05) is 11.6 Å². The molecule has 8 heteroatoms. The molecule has 7 nitrogen and oxygen atoms in total. The number of nitrogens with one attached hydrogen (secondary N) is 2. The van der Waals surface area contributed by atoms with Gasteiger partial charge in [0.05, 0.1) is 24.9 Å². The van der Waals surface area contributed by atoms with Crippen LogP contribution in [0, 0.1) is 0 Å². The molecule has 0 fully saturated rings. The Morgan fingerprint density at radius 2 is 1.69 bits per heavy atom. The van der Waals surface area contributed by atoms with Crippen molar-refractivity contribution in [2.24, 2.45) is 5.73 Å². The lowest BCUT2D eigenvalue weighted by Gasteiger charge is -2.18. The number of primary amides is 1. The molecule has 4 N–H and O–H groups in total. The Morgan fingerprint density at radius 3 is 2.23 bits per heavy atom. The van der Waals surface area contributed by atoms with Crippen LogP contribution in [0.4, 0.5) is 11.4 Å². The summed E-state index contributed by atoms with van der Waals surface area (Å²) in [7, 11) is 3.02. The van der Waals surface area contributed by atoms with Gasteiger partial charge in [-0.3, -0.25) is 9.59 Å². The highest BCUT2D eigenvalue weighted by Crippen LogP contribution is 2.36. The van der Waals surface area contributed by atoms with E-state index in [0.29, 0.717) is 33.5 Å². The summed E-state index contributed by atoms with van der Waals surface area (Å²) in [6, 6.07) is 8.99. The van der Waals surface area contributed by atoms with Crippen LogP contribution in [0.2, 0.25) is 5.02 Å². The van der Waals surface area contributed by atoms with Crippen molar-refractivity contribution in [3.8, 4) is 11.5 Å². The fourth-order valence-electron chi connectivity index (χ4n) is 2.24. The standard InChI is InChI=1S/C18H20ClN3O4/c1-10(18(24)22-12-6-4-11(5-7-12)17(20)23)21-14-8-13(19)15(25-2)9-16(14)26-3/h4-10,21H,1-3H3,(H2,20,23)(H,22,24). The number of hydrogen-bond acceptors (Lipinski definition) is 5. The minimum absolute atomic E-state index is 0.272. The van der Waals surface area contributed by atoms with Crippen molar-refractivity contribution in [2.75, 3.05) is 24.9 Å². The Morgan fingerprint density at radius 1 is 1.08 bits per heavy atom. The molecule has 0 radical (unpaired) electrons. The van der Waals surface area contributed by atoms with Gasteiger partial charge in [0.15, 0.2) is 0 Å². The molecule has 26 heavy (non-hydrogen) atoms. The molecule has 0 bridgehead atoms. The normalized spacial score (nSPS) is 11.4. The van der Waals surface area contributed by atoms with Crippen LogP contribution >= 0.6 is 11.6 Å². The zero-order valence-corrected chi connectivity index (χ0v) is 15.4. The Balaban J connectivity index is 2.09. The van der Waals surface area contributed by atoms with Gasteiger partial charge in [0.2, 0.25) is 11.8 Å². The molecule has 0 heterocycles. The molecule has 0 saturated heterocycles. The largest absolute Gasteiger partial charge is 0.495 e. The van der Waals surface area contributed by atoms with Gasteiger partial charge in [0, 0.05) is 17.3 Å². The number of halogens is 1. The number of hydrogen-bond donors (Lipinski definition) is 3. The molecule has 0 saturated carbocycles. The van der Waals surface area contributed by atoms with Crippen molar-refractivity contribution in [3.63, 3.8) is 0 Å². The van der Waals surface area contributed by atoms with Crippen LogP contribution in [0.1, 0.15) is 17.3 Å². The number of ether oxygens (including phenoxy) is 2. The summed E-state index contributed by atoms with van der Waals surface area (Å²) in [6.07, 6.45) is 0. The molecule has 0 aliphatic heterocycles. The third-order valence-electron chi connectivity index (χ3n) is 3.68. The predicted molar refractivity (Wildman–Crippen MR) is 101 cm³/mol. The van der Waals surface area contributed by atoms with Crippen molar-refractivity contribution in [1.82, 2.24) is 0 Å². The molecule has 0 aliphatic rings. The van der Waals surface area contributed by atoms with Crippen LogP contribution in [-0.2, 0) is 4.79 Å². The topological polar surface area (TPSA) is 103 Å². The molecule has 0 aliphatic carbocycles. The van der Waals surface area contributed by atoms with E-state index in [2.05, 4.69) is 10.6 Å². The first-order valence-electron chi connectivity index (χ1n) is 7.74. The summed E-state index contributed by atoms with van der Waals surface area (Å²) >= 11 is 6.13. The number of carbonyl (C=O) groups excluding carboxylic acids is 2. The highest BCUT2D eigenvalue weighted by Gasteiger charge is 2.17. The number of rotatable bonds is 7. The van der Waals surface area contributed by atoms with Gasteiger partial charge >= 0.3 is 0 Å². The van der Waals surface area contributed by atoms with E-state index in [1.807, 2.05) is 0 Å². The Hall–Kier alpha value is -2.93. The molecule has 2 aromatic carbocycles. The molecule has 0 spiro atoms. The Bertz CT molecular complexity index is 809. The van der Waals surface area contributed by atoms with Crippen molar-refractivity contribution < 1.29 is 19.1 Å². The summed E-state index contributed by atoms with van der Waals surface area (Å²) in [5.74, 6) is 0.171. The highest BCUT2D eigenvalue weighted by molar-refractivity contribution is 6.32. The van der Waals surface area contributed by atoms with E-state index in [1.165, 1.54) is 14.2 Å². The van der Waals surface area contributed by atoms with Crippen LogP contribution in [0.3, 0.4) is 0 Å². The van der Waals surface area contributed by atoms with Crippen molar-refractivity contribution in [1.29, 1.82) is 0 Å². The lowest BCUT2D eigenvalue weighted by atomic mass is 10.2. The van der Waals surface area contributed by atoms with E-state index in [-0.39, 0.29) is 5.91 Å². The fraction of sp³-hybridized carbons (Fsp3) is 0.222. The second-order valence-electron chi connectivity index (χ2n) is 5.48. The number of anilines is 2. The molecular formula is C18H20ClN3O4. The summed E-state index contributed by atoms with van der Waals surface area (Å²) in [5, 5.41) is 6.20. The average molecular weight is 378 g/mol. The molecule has 2 rings (SSSR count). The van der Waals surface area contributed by atoms with Gasteiger partial charge in [-0.15, -0.1) is 0 Å². The Labute approximate surface area is 156 Å². The second kappa shape index (κ2) is 8.44. The number of benzene rings is 2. The van der Waals surface area contributed by atoms with Gasteiger partial charge < -0.3 is 25.8 Å². The van der Waals surface area contributed by atoms with Crippen LogP contribution in [0.25, 0.3) is 0 Å². The van der Waals surface area contributed by atoms with Gasteiger partial charge in [0.25, 0.3) is 0 Å². The SMILES string of the molecule is COc1cc(OC)c(NC(C)C(=O)Nc2ccc(C(N)=O)cc2)cc1Cl. The summed E-state index contributed by atoms with van der Waals surface area (Å²) in [6.45, 7) is 1.70. The summed E-state index contributed by atoms with van der Waals surface area (Å²) in [4.78, 5) is 23.5.